The molecule has 3 atom stereocenters. The van der Waals surface area contributed by atoms with Crippen LogP contribution in [0.1, 0.15) is 13.3 Å². The molecule has 0 radical (unpaired) electrons. The molecular weight excluding hydrogens is 288 g/mol. The number of ketones is 2. The Morgan fingerprint density at radius 3 is 2.53 bits per heavy atom. The fraction of sp³-hybridized carbons (Fsp3) is 0.667. The molecule has 0 spiro atoms. The van der Waals surface area contributed by atoms with Crippen molar-refractivity contribution in [3.63, 3.8) is 0 Å². The molecule has 5 heteroatoms. The summed E-state index contributed by atoms with van der Waals surface area (Å²) in [5.74, 6) is -2.25. The third-order valence-electron chi connectivity index (χ3n) is 3.83. The van der Waals surface area contributed by atoms with Crippen LogP contribution >= 0.6 is 15.9 Å². The van der Waals surface area contributed by atoms with Gasteiger partial charge in [-0.1, -0.05) is 22.0 Å². The van der Waals surface area contributed by atoms with E-state index in [4.69, 9.17) is 9.47 Å². The van der Waals surface area contributed by atoms with Crippen molar-refractivity contribution in [2.75, 3.05) is 14.2 Å². The van der Waals surface area contributed by atoms with Crippen molar-refractivity contribution in [3.05, 3.63) is 10.6 Å². The van der Waals surface area contributed by atoms with Crippen molar-refractivity contribution < 1.29 is 19.1 Å². The molecule has 0 amide bonds. The molecule has 3 rings (SSSR count). The summed E-state index contributed by atoms with van der Waals surface area (Å²) in [6, 6.07) is 0. The average molecular weight is 303 g/mol. The lowest BCUT2D eigenvalue weighted by Crippen LogP contribution is -2.60. The maximum Gasteiger partial charge on any atom is 0.236 e. The number of methoxy groups -OCH3 is 2. The van der Waals surface area contributed by atoms with Crippen LogP contribution < -0.4 is 0 Å². The van der Waals surface area contributed by atoms with E-state index in [9.17, 15) is 9.59 Å². The highest BCUT2D eigenvalue weighted by atomic mass is 79.9. The molecule has 1 saturated carbocycles. The van der Waals surface area contributed by atoms with Crippen molar-refractivity contribution in [3.8, 4) is 0 Å². The molecule has 17 heavy (non-hydrogen) atoms. The van der Waals surface area contributed by atoms with Crippen molar-refractivity contribution in [2.45, 2.75) is 19.1 Å². The number of Topliss-reactive ketones (excluding diaryl/α,β-unsaturated/α-hetero) is 2. The summed E-state index contributed by atoms with van der Waals surface area (Å²) in [6.45, 7) is 1.53. The Balaban J connectivity index is 2.47. The van der Waals surface area contributed by atoms with Crippen LogP contribution in [0.25, 0.3) is 0 Å². The standard InChI is InChI=1S/C12H15BrO4/c1-6(14)7-4-9-10(13)5-8(7)11(15)12(9,16-2)17-3/h5,7-9H,4H2,1-3H3/t7-,8-,9+/m1/s1. The van der Waals surface area contributed by atoms with Gasteiger partial charge in [0.25, 0.3) is 0 Å². The van der Waals surface area contributed by atoms with E-state index in [1.165, 1.54) is 21.1 Å². The Kier molecular flexibility index (Phi) is 3.27. The van der Waals surface area contributed by atoms with E-state index in [0.29, 0.717) is 6.42 Å². The van der Waals surface area contributed by atoms with Crippen LogP contribution in [0.4, 0.5) is 0 Å². The SMILES string of the molecule is COC1(OC)C(=O)[C@@H]2C=C(Br)[C@@H]1C[C@@H]2C(C)=O. The van der Waals surface area contributed by atoms with Crippen LogP contribution in [0.3, 0.4) is 0 Å². The summed E-state index contributed by atoms with van der Waals surface area (Å²) >= 11 is 3.44. The van der Waals surface area contributed by atoms with E-state index in [1.807, 2.05) is 6.08 Å². The maximum atomic E-state index is 12.4. The van der Waals surface area contributed by atoms with Crippen LogP contribution in [-0.4, -0.2) is 31.6 Å². The molecule has 0 saturated heterocycles. The van der Waals surface area contributed by atoms with E-state index in [2.05, 4.69) is 15.9 Å². The van der Waals surface area contributed by atoms with Gasteiger partial charge in [-0.3, -0.25) is 9.59 Å². The van der Waals surface area contributed by atoms with Crippen LogP contribution in [-0.2, 0) is 19.1 Å². The molecule has 0 aliphatic heterocycles. The second-order valence-electron chi connectivity index (χ2n) is 4.52. The van der Waals surface area contributed by atoms with Gasteiger partial charge in [0.1, 0.15) is 5.78 Å². The number of halogens is 1. The molecule has 4 nitrogen and oxygen atoms in total. The van der Waals surface area contributed by atoms with Gasteiger partial charge in [-0.15, -0.1) is 0 Å². The Hall–Kier alpha value is -0.520. The lowest BCUT2D eigenvalue weighted by atomic mass is 9.63. The average Bonchev–Trinajstić information content (AvgIpc) is 2.31. The van der Waals surface area contributed by atoms with Crippen molar-refractivity contribution in [1.29, 1.82) is 0 Å². The topological polar surface area (TPSA) is 52.6 Å². The monoisotopic (exact) mass is 302 g/mol. The molecule has 1 fully saturated rings. The molecule has 0 aromatic rings. The number of carbonyl (C=O) groups is 2. The minimum atomic E-state index is -1.23. The van der Waals surface area contributed by atoms with Crippen LogP contribution in [0.15, 0.2) is 10.6 Å². The first-order chi connectivity index (χ1) is 7.97. The molecule has 0 aromatic carbocycles. The first kappa shape index (κ1) is 12.9. The lowest BCUT2D eigenvalue weighted by molar-refractivity contribution is -0.239. The second-order valence-corrected chi connectivity index (χ2v) is 5.44. The molecule has 3 aliphatic carbocycles. The summed E-state index contributed by atoms with van der Waals surface area (Å²) in [7, 11) is 2.93. The van der Waals surface area contributed by atoms with Crippen molar-refractivity contribution in [2.24, 2.45) is 17.8 Å². The first-order valence-electron chi connectivity index (χ1n) is 5.50. The van der Waals surface area contributed by atoms with Crippen molar-refractivity contribution in [1.82, 2.24) is 0 Å². The largest absolute Gasteiger partial charge is 0.346 e. The third-order valence-corrected chi connectivity index (χ3v) is 4.65. The van der Waals surface area contributed by atoms with Gasteiger partial charge in [-0.2, -0.15) is 0 Å². The molecule has 0 N–H and O–H groups in total. The van der Waals surface area contributed by atoms with Gasteiger partial charge in [0.05, 0.1) is 11.8 Å². The van der Waals surface area contributed by atoms with Gasteiger partial charge in [0.2, 0.25) is 5.79 Å². The summed E-state index contributed by atoms with van der Waals surface area (Å²) in [5, 5.41) is 0. The first-order valence-corrected chi connectivity index (χ1v) is 6.29. The molecule has 0 heterocycles. The van der Waals surface area contributed by atoms with Crippen LogP contribution in [0.2, 0.25) is 0 Å². The zero-order valence-corrected chi connectivity index (χ0v) is 11.6. The Bertz CT molecular complexity index is 397. The highest BCUT2D eigenvalue weighted by molar-refractivity contribution is 9.11. The molecule has 94 valence electrons. The van der Waals surface area contributed by atoms with Gasteiger partial charge in [-0.25, -0.2) is 0 Å². The summed E-state index contributed by atoms with van der Waals surface area (Å²) in [6.07, 6.45) is 2.41. The van der Waals surface area contributed by atoms with Gasteiger partial charge < -0.3 is 9.47 Å². The Morgan fingerprint density at radius 2 is 2.06 bits per heavy atom. The Morgan fingerprint density at radius 1 is 1.47 bits per heavy atom. The van der Waals surface area contributed by atoms with Gasteiger partial charge in [0.15, 0.2) is 5.78 Å². The fourth-order valence-electron chi connectivity index (χ4n) is 2.90. The number of carbonyl (C=O) groups excluding carboxylic acids is 2. The van der Waals surface area contributed by atoms with E-state index in [1.54, 1.807) is 0 Å². The summed E-state index contributed by atoms with van der Waals surface area (Å²) in [5.41, 5.74) is 0. The van der Waals surface area contributed by atoms with Crippen LogP contribution in [0.5, 0.6) is 0 Å². The quantitative estimate of drug-likeness (QED) is 0.744. The van der Waals surface area contributed by atoms with Gasteiger partial charge in [0, 0.05) is 24.6 Å². The fourth-order valence-corrected chi connectivity index (χ4v) is 3.68. The smallest absolute Gasteiger partial charge is 0.236 e. The minimum Gasteiger partial charge on any atom is -0.346 e. The summed E-state index contributed by atoms with van der Waals surface area (Å²) in [4.78, 5) is 23.9. The predicted octanol–water partition coefficient (Wildman–Crippen LogP) is 1.68. The number of fused-ring (bicyclic) bond motifs is 2. The number of hydrogen-bond donors (Lipinski definition) is 0. The Labute approximate surface area is 108 Å². The number of ether oxygens (including phenoxy) is 2. The molecule has 3 aliphatic rings. The van der Waals surface area contributed by atoms with E-state index in [0.717, 1.165) is 4.48 Å². The number of allylic oxidation sites excluding steroid dienone is 1. The van der Waals surface area contributed by atoms with Gasteiger partial charge >= 0.3 is 0 Å². The van der Waals surface area contributed by atoms with Crippen LogP contribution in [0, 0.1) is 17.8 Å². The zero-order valence-electron chi connectivity index (χ0n) is 10.0. The normalized spacial score (nSPS) is 34.7. The molecule has 0 unspecified atom stereocenters. The van der Waals surface area contributed by atoms with Crippen molar-refractivity contribution >= 4 is 27.5 Å². The molecule has 2 bridgehead atoms. The molecular formula is C12H15BrO4. The third kappa shape index (κ3) is 1.63. The highest BCUT2D eigenvalue weighted by Gasteiger charge is 2.60. The maximum absolute atomic E-state index is 12.4. The van der Waals surface area contributed by atoms with E-state index in [-0.39, 0.29) is 23.4 Å². The number of rotatable bonds is 3. The molecule has 0 aromatic heterocycles. The predicted molar refractivity (Wildman–Crippen MR) is 64.5 cm³/mol. The van der Waals surface area contributed by atoms with E-state index >= 15 is 0 Å². The minimum absolute atomic E-state index is 0.0467. The number of hydrogen-bond acceptors (Lipinski definition) is 4. The zero-order chi connectivity index (χ0) is 12.8. The lowest BCUT2D eigenvalue weighted by Gasteiger charge is -2.48. The van der Waals surface area contributed by atoms with Gasteiger partial charge in [-0.05, 0) is 13.3 Å². The van der Waals surface area contributed by atoms with E-state index < -0.39 is 11.7 Å². The second kappa shape index (κ2) is 4.30. The highest BCUT2D eigenvalue weighted by Crippen LogP contribution is 2.51. The summed E-state index contributed by atoms with van der Waals surface area (Å²) < 4.78 is 11.5.